The second kappa shape index (κ2) is 6.06. The Hall–Kier alpha value is -1.86. The number of hydrogen-bond acceptors (Lipinski definition) is 1. The fourth-order valence-electron chi connectivity index (χ4n) is 2.08. The Bertz CT molecular complexity index is 666. The summed E-state index contributed by atoms with van der Waals surface area (Å²) in [6.07, 6.45) is 0. The van der Waals surface area contributed by atoms with Crippen LogP contribution in [-0.2, 0) is 0 Å². The molecule has 20 heavy (non-hydrogen) atoms. The maximum atomic E-state index is 6.01. The van der Waals surface area contributed by atoms with Crippen LogP contribution in [0.3, 0.4) is 0 Å². The highest BCUT2D eigenvalue weighted by atomic mass is 35.5. The molecule has 0 amide bonds. The molecule has 0 saturated heterocycles. The van der Waals surface area contributed by atoms with Gasteiger partial charge in [0.25, 0.3) is 0 Å². The molecule has 2 rings (SSSR count). The van der Waals surface area contributed by atoms with Gasteiger partial charge in [-0.25, -0.2) is 0 Å². The van der Waals surface area contributed by atoms with Crippen molar-refractivity contribution in [3.05, 3.63) is 71.3 Å². The van der Waals surface area contributed by atoms with Crippen LogP contribution >= 0.6 is 11.6 Å². The van der Waals surface area contributed by atoms with E-state index in [0.717, 1.165) is 28.1 Å². The van der Waals surface area contributed by atoms with E-state index >= 15 is 0 Å². The molecule has 2 aromatic carbocycles. The maximum absolute atomic E-state index is 6.01. The van der Waals surface area contributed by atoms with Crippen molar-refractivity contribution in [1.82, 2.24) is 0 Å². The monoisotopic (exact) mass is 283 g/mol. The highest BCUT2D eigenvalue weighted by Gasteiger charge is 2.05. The summed E-state index contributed by atoms with van der Waals surface area (Å²) < 4.78 is 0. The summed E-state index contributed by atoms with van der Waals surface area (Å²) >= 11 is 6.01. The van der Waals surface area contributed by atoms with Gasteiger partial charge in [-0.1, -0.05) is 60.1 Å². The zero-order valence-electron chi connectivity index (χ0n) is 12.1. The van der Waals surface area contributed by atoms with E-state index in [0.29, 0.717) is 5.03 Å². The summed E-state index contributed by atoms with van der Waals surface area (Å²) in [4.78, 5) is 4.72. The van der Waals surface area contributed by atoms with Gasteiger partial charge < -0.3 is 0 Å². The van der Waals surface area contributed by atoms with Gasteiger partial charge in [0.05, 0.1) is 5.69 Å². The van der Waals surface area contributed by atoms with Gasteiger partial charge in [-0.2, -0.15) is 0 Å². The summed E-state index contributed by atoms with van der Waals surface area (Å²) in [5.41, 5.74) is 6.31. The summed E-state index contributed by atoms with van der Waals surface area (Å²) in [7, 11) is 0. The summed E-state index contributed by atoms with van der Waals surface area (Å²) in [6.45, 7) is 9.91. The van der Waals surface area contributed by atoms with Crippen LogP contribution in [0.1, 0.15) is 29.2 Å². The van der Waals surface area contributed by atoms with Gasteiger partial charge in [0.2, 0.25) is 0 Å². The largest absolute Gasteiger partial charge is 0.253 e. The third-order valence-electron chi connectivity index (χ3n) is 3.35. The van der Waals surface area contributed by atoms with Crippen LogP contribution in [0.25, 0.3) is 5.03 Å². The topological polar surface area (TPSA) is 12.4 Å². The average molecular weight is 284 g/mol. The SMILES string of the molecule is C=C(Cl)c1cccc(N=C(C)c2ccc(C)cc2)c1C. The van der Waals surface area contributed by atoms with Gasteiger partial charge in [-0.15, -0.1) is 0 Å². The molecule has 2 aromatic rings. The Morgan fingerprint density at radius 3 is 2.30 bits per heavy atom. The van der Waals surface area contributed by atoms with Gasteiger partial charge in [-0.05, 0) is 43.5 Å². The van der Waals surface area contributed by atoms with Crippen LogP contribution in [0.5, 0.6) is 0 Å². The molecule has 0 saturated carbocycles. The van der Waals surface area contributed by atoms with E-state index in [1.165, 1.54) is 5.56 Å². The van der Waals surface area contributed by atoms with Crippen LogP contribution < -0.4 is 0 Å². The summed E-state index contributed by atoms with van der Waals surface area (Å²) in [5.74, 6) is 0. The standard InChI is InChI=1S/C18H18ClN/c1-12-8-10-16(11-9-12)15(4)20-18-7-5-6-17(13(18)2)14(3)19/h5-11H,3H2,1-2,4H3. The fourth-order valence-corrected chi connectivity index (χ4v) is 2.28. The van der Waals surface area contributed by atoms with Gasteiger partial charge in [0, 0.05) is 10.7 Å². The molecule has 0 heterocycles. The normalized spacial score (nSPS) is 11.5. The fraction of sp³-hybridized carbons (Fsp3) is 0.167. The molecule has 0 aliphatic rings. The number of rotatable bonds is 3. The van der Waals surface area contributed by atoms with E-state index in [4.69, 9.17) is 16.6 Å². The van der Waals surface area contributed by atoms with Crippen molar-refractivity contribution in [2.24, 2.45) is 4.99 Å². The van der Waals surface area contributed by atoms with E-state index in [2.05, 4.69) is 37.8 Å². The lowest BCUT2D eigenvalue weighted by Crippen LogP contribution is -1.94. The van der Waals surface area contributed by atoms with E-state index in [1.807, 2.05) is 32.0 Å². The number of hydrogen-bond donors (Lipinski definition) is 0. The Labute approximate surface area is 125 Å². The molecule has 0 atom stereocenters. The van der Waals surface area contributed by atoms with E-state index in [1.54, 1.807) is 0 Å². The Morgan fingerprint density at radius 2 is 1.70 bits per heavy atom. The van der Waals surface area contributed by atoms with Crippen molar-refractivity contribution in [3.63, 3.8) is 0 Å². The zero-order chi connectivity index (χ0) is 14.7. The molecule has 0 fully saturated rings. The van der Waals surface area contributed by atoms with Crippen molar-refractivity contribution in [2.75, 3.05) is 0 Å². The molecule has 0 unspecified atom stereocenters. The van der Waals surface area contributed by atoms with Crippen LogP contribution in [0, 0.1) is 13.8 Å². The molecule has 0 aromatic heterocycles. The van der Waals surface area contributed by atoms with Crippen LogP contribution in [-0.4, -0.2) is 5.71 Å². The minimum atomic E-state index is 0.549. The highest BCUT2D eigenvalue weighted by molar-refractivity contribution is 6.48. The minimum Gasteiger partial charge on any atom is -0.253 e. The Morgan fingerprint density at radius 1 is 1.05 bits per heavy atom. The molecular weight excluding hydrogens is 266 g/mol. The van der Waals surface area contributed by atoms with Crippen molar-refractivity contribution >= 4 is 28.0 Å². The predicted octanol–water partition coefficient (Wildman–Crippen LogP) is 5.65. The number of nitrogens with zero attached hydrogens (tertiary/aromatic N) is 1. The van der Waals surface area contributed by atoms with E-state index in [-0.39, 0.29) is 0 Å². The molecular formula is C18H18ClN. The van der Waals surface area contributed by atoms with Crippen molar-refractivity contribution in [1.29, 1.82) is 0 Å². The van der Waals surface area contributed by atoms with Crippen molar-refractivity contribution < 1.29 is 0 Å². The lowest BCUT2D eigenvalue weighted by Gasteiger charge is -2.08. The number of aliphatic imine (C=N–C) groups is 1. The van der Waals surface area contributed by atoms with Crippen molar-refractivity contribution in [2.45, 2.75) is 20.8 Å². The molecule has 2 heteroatoms. The smallest absolute Gasteiger partial charge is 0.0668 e. The molecule has 0 aliphatic carbocycles. The van der Waals surface area contributed by atoms with Crippen LogP contribution in [0.4, 0.5) is 5.69 Å². The minimum absolute atomic E-state index is 0.549. The predicted molar refractivity (Wildman–Crippen MR) is 89.1 cm³/mol. The first-order chi connectivity index (χ1) is 9.49. The second-order valence-electron chi connectivity index (χ2n) is 4.92. The van der Waals surface area contributed by atoms with Gasteiger partial charge in [0.1, 0.15) is 0 Å². The number of benzene rings is 2. The second-order valence-corrected chi connectivity index (χ2v) is 5.37. The zero-order valence-corrected chi connectivity index (χ0v) is 12.8. The Balaban J connectivity index is 2.42. The van der Waals surface area contributed by atoms with Crippen LogP contribution in [0.15, 0.2) is 54.0 Å². The third-order valence-corrected chi connectivity index (χ3v) is 3.56. The molecule has 0 bridgehead atoms. The number of aryl methyl sites for hydroxylation is 1. The van der Waals surface area contributed by atoms with E-state index < -0.39 is 0 Å². The first-order valence-electron chi connectivity index (χ1n) is 6.56. The molecule has 0 N–H and O–H groups in total. The molecule has 0 spiro atoms. The summed E-state index contributed by atoms with van der Waals surface area (Å²) in [6, 6.07) is 14.3. The lowest BCUT2D eigenvalue weighted by atomic mass is 10.1. The molecule has 1 nitrogen and oxygen atoms in total. The van der Waals surface area contributed by atoms with Crippen molar-refractivity contribution in [3.8, 4) is 0 Å². The van der Waals surface area contributed by atoms with Gasteiger partial charge in [-0.3, -0.25) is 4.99 Å². The molecule has 102 valence electrons. The quantitative estimate of drug-likeness (QED) is 0.645. The van der Waals surface area contributed by atoms with Gasteiger partial charge in [0.15, 0.2) is 0 Å². The Kier molecular flexibility index (Phi) is 4.41. The first kappa shape index (κ1) is 14.5. The average Bonchev–Trinajstić information content (AvgIpc) is 2.41. The molecule has 0 aliphatic heterocycles. The number of halogens is 1. The maximum Gasteiger partial charge on any atom is 0.0668 e. The highest BCUT2D eigenvalue weighted by Crippen LogP contribution is 2.28. The van der Waals surface area contributed by atoms with Crippen LogP contribution in [0.2, 0.25) is 0 Å². The lowest BCUT2D eigenvalue weighted by molar-refractivity contribution is 1.36. The third kappa shape index (κ3) is 3.17. The first-order valence-corrected chi connectivity index (χ1v) is 6.93. The summed E-state index contributed by atoms with van der Waals surface area (Å²) in [5, 5.41) is 0.549. The molecule has 0 radical (unpaired) electrons. The van der Waals surface area contributed by atoms with Gasteiger partial charge >= 0.3 is 0 Å². The van der Waals surface area contributed by atoms with E-state index in [9.17, 15) is 0 Å².